The van der Waals surface area contributed by atoms with E-state index in [4.69, 9.17) is 0 Å². The largest absolute Gasteiger partial charge is 0.573 e. The van der Waals surface area contributed by atoms with Crippen LogP contribution in [-0.2, 0) is 16.6 Å². The summed E-state index contributed by atoms with van der Waals surface area (Å²) in [5.41, 5.74) is 1.52. The number of piperazine rings is 1. The number of imide groups is 1. The molecule has 3 saturated heterocycles. The third kappa shape index (κ3) is 8.20. The molecular weight excluding hydrogens is 722 g/mol. The lowest BCUT2D eigenvalue weighted by molar-refractivity contribution is -0.274. The molecule has 4 heterocycles. The van der Waals surface area contributed by atoms with E-state index in [1.165, 1.54) is 29.9 Å². The van der Waals surface area contributed by atoms with Crippen molar-refractivity contribution in [2.24, 2.45) is 13.0 Å². The quantitative estimate of drug-likeness (QED) is 0.248. The minimum absolute atomic E-state index is 0.145. The number of benzene rings is 2. The van der Waals surface area contributed by atoms with Crippen LogP contribution in [0.25, 0.3) is 11.1 Å². The van der Waals surface area contributed by atoms with Gasteiger partial charge in [0.25, 0.3) is 17.4 Å². The number of hydrogen-bond acceptors (Lipinski definition) is 8. The summed E-state index contributed by atoms with van der Waals surface area (Å²) in [6.45, 7) is 3.13. The van der Waals surface area contributed by atoms with Gasteiger partial charge in [-0.2, -0.15) is 0 Å². The van der Waals surface area contributed by atoms with Crippen LogP contribution in [0.2, 0.25) is 0 Å². The van der Waals surface area contributed by atoms with E-state index in [0.717, 1.165) is 17.0 Å². The molecule has 11 nitrogen and oxygen atoms in total. The molecule has 0 radical (unpaired) electrons. The van der Waals surface area contributed by atoms with Gasteiger partial charge in [-0.1, -0.05) is 6.07 Å². The van der Waals surface area contributed by atoms with E-state index in [0.29, 0.717) is 28.8 Å². The van der Waals surface area contributed by atoms with Gasteiger partial charge in [0.1, 0.15) is 11.6 Å². The van der Waals surface area contributed by atoms with Crippen molar-refractivity contribution in [3.8, 4) is 16.9 Å². The number of aryl methyl sites for hydroxylation is 1. The summed E-state index contributed by atoms with van der Waals surface area (Å²) in [7, 11) is 1.50. The number of alkyl halides is 5. The second-order valence-corrected chi connectivity index (χ2v) is 14.0. The first-order valence-corrected chi connectivity index (χ1v) is 17.5. The predicted molar refractivity (Wildman–Crippen MR) is 187 cm³/mol. The number of nitrogens with zero attached hydrogens (tertiary/aromatic N) is 4. The van der Waals surface area contributed by atoms with Crippen molar-refractivity contribution in [1.82, 2.24) is 19.7 Å². The highest BCUT2D eigenvalue weighted by Crippen LogP contribution is 2.37. The number of halogens is 6. The number of hydrogen-bond donors (Lipinski definition) is 2. The van der Waals surface area contributed by atoms with E-state index in [1.807, 2.05) is 0 Å². The van der Waals surface area contributed by atoms with Crippen LogP contribution in [-0.4, -0.2) is 96.2 Å². The molecule has 3 amide bonds. The lowest BCUT2D eigenvalue weighted by Crippen LogP contribution is -2.62. The summed E-state index contributed by atoms with van der Waals surface area (Å²) in [5.74, 6) is -6.96. The van der Waals surface area contributed by atoms with Gasteiger partial charge in [-0.25, -0.2) is 13.2 Å². The van der Waals surface area contributed by atoms with Crippen LogP contribution in [0.3, 0.4) is 0 Å². The van der Waals surface area contributed by atoms with Crippen LogP contribution in [0, 0.1) is 25.6 Å². The van der Waals surface area contributed by atoms with Crippen LogP contribution in [0.5, 0.6) is 5.75 Å². The van der Waals surface area contributed by atoms with Gasteiger partial charge < -0.3 is 24.4 Å². The topological polar surface area (TPSA) is 116 Å². The highest BCUT2D eigenvalue weighted by molar-refractivity contribution is 5.99. The summed E-state index contributed by atoms with van der Waals surface area (Å²) in [6, 6.07) is 6.79. The number of piperidine rings is 2. The van der Waals surface area contributed by atoms with Crippen molar-refractivity contribution in [2.45, 2.75) is 51.4 Å². The van der Waals surface area contributed by atoms with Crippen LogP contribution in [0.4, 0.5) is 37.7 Å². The fourth-order valence-corrected chi connectivity index (χ4v) is 7.39. The van der Waals surface area contributed by atoms with Gasteiger partial charge >= 0.3 is 6.36 Å². The Bertz CT molecular complexity index is 2010. The number of rotatable bonds is 8. The number of carbonyl (C=O) groups excluding carboxylic acids is 3. The summed E-state index contributed by atoms with van der Waals surface area (Å²) in [4.78, 5) is 53.4. The maximum atomic E-state index is 15.8. The zero-order valence-corrected chi connectivity index (χ0v) is 29.9. The van der Waals surface area contributed by atoms with Gasteiger partial charge in [0, 0.05) is 75.7 Å². The molecule has 0 aliphatic carbocycles. The second kappa shape index (κ2) is 15.0. The lowest BCUT2D eigenvalue weighted by Gasteiger charge is -2.46. The molecule has 290 valence electrons. The molecule has 3 aromatic rings. The molecular formula is C37H40F6N6O5. The molecule has 0 spiro atoms. The summed E-state index contributed by atoms with van der Waals surface area (Å²) >= 11 is 0. The average Bonchev–Trinajstić information content (AvgIpc) is 3.11. The Labute approximate surface area is 306 Å². The van der Waals surface area contributed by atoms with Gasteiger partial charge in [-0.3, -0.25) is 29.4 Å². The molecule has 2 aromatic carbocycles. The second-order valence-electron chi connectivity index (χ2n) is 14.0. The van der Waals surface area contributed by atoms with Gasteiger partial charge in [0.05, 0.1) is 29.8 Å². The molecule has 3 aliphatic heterocycles. The molecule has 0 bridgehead atoms. The van der Waals surface area contributed by atoms with Gasteiger partial charge in [0.2, 0.25) is 11.8 Å². The third-order valence-corrected chi connectivity index (χ3v) is 10.5. The van der Waals surface area contributed by atoms with Crippen LogP contribution in [0.15, 0.2) is 47.4 Å². The Hall–Kier alpha value is -5.06. The number of aromatic nitrogens is 1. The highest BCUT2D eigenvalue weighted by Gasteiger charge is 2.49. The normalized spacial score (nSPS) is 20.8. The van der Waals surface area contributed by atoms with Crippen molar-refractivity contribution in [3.63, 3.8) is 0 Å². The third-order valence-electron chi connectivity index (χ3n) is 10.5. The predicted octanol–water partition coefficient (Wildman–Crippen LogP) is 4.84. The summed E-state index contributed by atoms with van der Waals surface area (Å²) < 4.78 is 92.8. The zero-order chi connectivity index (χ0) is 39.1. The Morgan fingerprint density at radius 3 is 2.35 bits per heavy atom. The molecule has 0 saturated carbocycles. The highest BCUT2D eigenvalue weighted by atomic mass is 19.4. The fourth-order valence-electron chi connectivity index (χ4n) is 7.39. The molecule has 2 unspecified atom stereocenters. The molecule has 17 heteroatoms. The number of pyridine rings is 1. The van der Waals surface area contributed by atoms with Crippen LogP contribution in [0.1, 0.15) is 40.7 Å². The number of likely N-dealkylation sites (tertiary alicyclic amines) is 1. The first kappa shape index (κ1) is 38.7. The molecule has 2 N–H and O–H groups in total. The van der Waals surface area contributed by atoms with E-state index < -0.39 is 53.8 Å². The first-order valence-electron chi connectivity index (χ1n) is 17.5. The maximum absolute atomic E-state index is 15.8. The SMILES string of the molecule is Cc1c(-c2ccc(C(=O)N3CCC(N4CCN(c5ccc(NCC6CCC(=O)NC6=O)cc5F)CC4)C(F)(F)C3)c(OC(F)(F)F)c2)cn(C)c(=O)c1C. The van der Waals surface area contributed by atoms with E-state index in [2.05, 4.69) is 15.4 Å². The molecule has 3 fully saturated rings. The number of anilines is 2. The monoisotopic (exact) mass is 762 g/mol. The zero-order valence-electron chi connectivity index (χ0n) is 29.9. The number of nitrogens with one attached hydrogen (secondary N) is 2. The van der Waals surface area contributed by atoms with Crippen molar-refractivity contribution in [1.29, 1.82) is 0 Å². The minimum atomic E-state index is -5.18. The smallest absolute Gasteiger partial charge is 0.405 e. The Morgan fingerprint density at radius 1 is 0.981 bits per heavy atom. The maximum Gasteiger partial charge on any atom is 0.573 e. The molecule has 2 atom stereocenters. The van der Waals surface area contributed by atoms with Crippen molar-refractivity contribution in [2.75, 3.05) is 56.0 Å². The average molecular weight is 763 g/mol. The Kier molecular flexibility index (Phi) is 10.7. The Morgan fingerprint density at radius 2 is 1.70 bits per heavy atom. The van der Waals surface area contributed by atoms with Crippen molar-refractivity contribution < 1.29 is 45.5 Å². The number of carbonyl (C=O) groups is 3. The fraction of sp³-hybridized carbons (Fsp3) is 0.459. The Balaban J connectivity index is 1.09. The van der Waals surface area contributed by atoms with Crippen LogP contribution >= 0.6 is 0 Å². The minimum Gasteiger partial charge on any atom is -0.405 e. The molecule has 54 heavy (non-hydrogen) atoms. The first-order chi connectivity index (χ1) is 25.4. The van der Waals surface area contributed by atoms with Gasteiger partial charge in [-0.15, -0.1) is 13.2 Å². The summed E-state index contributed by atoms with van der Waals surface area (Å²) in [6.07, 6.45) is -3.24. The number of amides is 3. The molecule has 1 aromatic heterocycles. The van der Waals surface area contributed by atoms with Gasteiger partial charge in [-0.05, 0) is 68.1 Å². The number of ether oxygens (including phenoxy) is 1. The van der Waals surface area contributed by atoms with E-state index >= 15 is 13.2 Å². The van der Waals surface area contributed by atoms with E-state index in [1.54, 1.807) is 35.8 Å². The van der Waals surface area contributed by atoms with Gasteiger partial charge in [0.15, 0.2) is 0 Å². The molecule has 6 rings (SSSR count). The summed E-state index contributed by atoms with van der Waals surface area (Å²) in [5, 5.41) is 5.31. The van der Waals surface area contributed by atoms with E-state index in [9.17, 15) is 32.3 Å². The molecule has 3 aliphatic rings. The lowest BCUT2D eigenvalue weighted by atomic mass is 9.96. The standard InChI is InChI=1S/C37H40F6N6O5/c1-21-22(2)34(52)46(3)19-27(21)23-4-7-26(30(16-23)54-37(41,42)43)35(53)49-11-10-31(36(39,40)20-49)48-14-12-47(13-15-48)29-8-6-25(17-28(29)38)44-18-24-5-9-32(50)45-33(24)51/h4,6-8,16-17,19,24,31,44H,5,9-15,18,20H2,1-3H3,(H,45,50,51). The van der Waals surface area contributed by atoms with Crippen LogP contribution < -0.4 is 25.8 Å². The van der Waals surface area contributed by atoms with Crippen molar-refractivity contribution >= 4 is 29.1 Å². The van der Waals surface area contributed by atoms with E-state index in [-0.39, 0.29) is 80.7 Å². The van der Waals surface area contributed by atoms with Crippen molar-refractivity contribution in [3.05, 3.63) is 75.5 Å².